The third-order valence-corrected chi connectivity index (χ3v) is 6.10. The van der Waals surface area contributed by atoms with Gasteiger partial charge in [0.25, 0.3) is 0 Å². The molecule has 4 aromatic rings. The van der Waals surface area contributed by atoms with Crippen LogP contribution in [0.25, 0.3) is 11.1 Å². The molecule has 0 radical (unpaired) electrons. The maximum Gasteiger partial charge on any atom is 0.131 e. The zero-order valence-corrected chi connectivity index (χ0v) is 16.4. The second-order valence-electron chi connectivity index (χ2n) is 7.78. The fourth-order valence-electron chi connectivity index (χ4n) is 4.45. The van der Waals surface area contributed by atoms with Gasteiger partial charge in [-0.2, -0.15) is 5.26 Å². The Balaban J connectivity index is 1.49. The molecule has 0 fully saturated rings. The van der Waals surface area contributed by atoms with Crippen LogP contribution in [0.15, 0.2) is 91.4 Å². The van der Waals surface area contributed by atoms with Crippen LogP contribution in [-0.4, -0.2) is 14.7 Å². The molecule has 0 spiro atoms. The standard InChI is InChI=1S/C26H21N3O/c27-16-19-6-8-22(9-7-19)24-14-15-26(30,25-17-28-18-29(24)25)23-12-10-21(11-13-23)20-4-2-1-3-5-20/h1-13,17-18,24,30H,14-15H2/t24-,26-/m1/s1. The van der Waals surface area contributed by atoms with Gasteiger partial charge in [-0.1, -0.05) is 66.7 Å². The summed E-state index contributed by atoms with van der Waals surface area (Å²) in [6, 6.07) is 28.3. The highest BCUT2D eigenvalue weighted by Crippen LogP contribution is 2.43. The van der Waals surface area contributed by atoms with Gasteiger partial charge >= 0.3 is 0 Å². The monoisotopic (exact) mass is 391 g/mol. The van der Waals surface area contributed by atoms with Crippen molar-refractivity contribution in [2.24, 2.45) is 0 Å². The van der Waals surface area contributed by atoms with Crippen LogP contribution < -0.4 is 0 Å². The molecular weight excluding hydrogens is 370 g/mol. The molecule has 2 heterocycles. The molecule has 0 saturated carbocycles. The van der Waals surface area contributed by atoms with Crippen LogP contribution in [0.1, 0.15) is 41.3 Å². The number of aliphatic hydroxyl groups is 1. The molecule has 0 bridgehead atoms. The summed E-state index contributed by atoms with van der Waals surface area (Å²) in [6.07, 6.45) is 4.95. The Labute approximate surface area is 175 Å². The Morgan fingerprint density at radius 3 is 2.33 bits per heavy atom. The quantitative estimate of drug-likeness (QED) is 0.532. The summed E-state index contributed by atoms with van der Waals surface area (Å²) in [7, 11) is 0. The molecule has 4 nitrogen and oxygen atoms in total. The van der Waals surface area contributed by atoms with Crippen molar-refractivity contribution in [3.05, 3.63) is 114 Å². The fraction of sp³-hybridized carbons (Fsp3) is 0.154. The Morgan fingerprint density at radius 2 is 1.63 bits per heavy atom. The zero-order valence-electron chi connectivity index (χ0n) is 16.4. The van der Waals surface area contributed by atoms with Crippen molar-refractivity contribution < 1.29 is 5.11 Å². The number of rotatable bonds is 3. The minimum atomic E-state index is -1.07. The molecule has 0 saturated heterocycles. The van der Waals surface area contributed by atoms with Crippen molar-refractivity contribution in [1.29, 1.82) is 5.26 Å². The lowest BCUT2D eigenvalue weighted by atomic mass is 9.80. The average molecular weight is 391 g/mol. The molecule has 0 unspecified atom stereocenters. The maximum atomic E-state index is 11.7. The molecule has 1 aromatic heterocycles. The van der Waals surface area contributed by atoms with Crippen molar-refractivity contribution in [1.82, 2.24) is 9.55 Å². The molecule has 1 N–H and O–H groups in total. The van der Waals surface area contributed by atoms with Crippen LogP contribution >= 0.6 is 0 Å². The summed E-state index contributed by atoms with van der Waals surface area (Å²) in [4.78, 5) is 4.35. The second kappa shape index (κ2) is 7.29. The lowest BCUT2D eigenvalue weighted by Crippen LogP contribution is -2.36. The first kappa shape index (κ1) is 18.4. The van der Waals surface area contributed by atoms with E-state index >= 15 is 0 Å². The van der Waals surface area contributed by atoms with E-state index in [1.165, 1.54) is 0 Å². The van der Waals surface area contributed by atoms with E-state index in [0.29, 0.717) is 12.0 Å². The van der Waals surface area contributed by atoms with Gasteiger partial charge in [0.1, 0.15) is 5.60 Å². The van der Waals surface area contributed by atoms with Gasteiger partial charge in [0.2, 0.25) is 0 Å². The van der Waals surface area contributed by atoms with E-state index in [1.54, 1.807) is 12.5 Å². The normalized spacial score (nSPS) is 20.3. The molecule has 1 aliphatic rings. The van der Waals surface area contributed by atoms with Gasteiger partial charge in [-0.3, -0.25) is 0 Å². The number of imidazole rings is 1. The van der Waals surface area contributed by atoms with E-state index in [1.807, 2.05) is 54.6 Å². The van der Waals surface area contributed by atoms with E-state index in [0.717, 1.165) is 34.4 Å². The SMILES string of the molecule is N#Cc1ccc([C@H]2CC[C@@](O)(c3ccc(-c4ccccc4)cc3)c3cncn32)cc1. The number of aromatic nitrogens is 2. The molecule has 4 heteroatoms. The van der Waals surface area contributed by atoms with Crippen molar-refractivity contribution in [3.63, 3.8) is 0 Å². The Morgan fingerprint density at radius 1 is 0.933 bits per heavy atom. The van der Waals surface area contributed by atoms with Gasteiger partial charge < -0.3 is 9.67 Å². The summed E-state index contributed by atoms with van der Waals surface area (Å²) in [5.41, 5.74) is 4.66. The first-order valence-corrected chi connectivity index (χ1v) is 10.1. The molecule has 1 aliphatic heterocycles. The minimum absolute atomic E-state index is 0.0964. The fourth-order valence-corrected chi connectivity index (χ4v) is 4.45. The van der Waals surface area contributed by atoms with Crippen molar-refractivity contribution in [2.75, 3.05) is 0 Å². The van der Waals surface area contributed by atoms with E-state index in [4.69, 9.17) is 5.26 Å². The summed E-state index contributed by atoms with van der Waals surface area (Å²) >= 11 is 0. The third kappa shape index (κ3) is 3.01. The predicted molar refractivity (Wildman–Crippen MR) is 116 cm³/mol. The topological polar surface area (TPSA) is 61.8 Å². The second-order valence-corrected chi connectivity index (χ2v) is 7.78. The molecule has 2 atom stereocenters. The maximum absolute atomic E-state index is 11.7. The average Bonchev–Trinajstić information content (AvgIpc) is 3.32. The molecule has 146 valence electrons. The molecule has 5 rings (SSSR count). The van der Waals surface area contributed by atoms with Crippen LogP contribution in [0.3, 0.4) is 0 Å². The van der Waals surface area contributed by atoms with E-state index < -0.39 is 5.60 Å². The minimum Gasteiger partial charge on any atom is -0.379 e. The molecule has 0 aliphatic carbocycles. The van der Waals surface area contributed by atoms with Crippen LogP contribution in [0, 0.1) is 11.3 Å². The van der Waals surface area contributed by atoms with Crippen molar-refractivity contribution in [2.45, 2.75) is 24.5 Å². The smallest absolute Gasteiger partial charge is 0.131 e. The van der Waals surface area contributed by atoms with E-state index in [9.17, 15) is 5.11 Å². The first-order valence-electron chi connectivity index (χ1n) is 10.1. The van der Waals surface area contributed by atoms with Crippen LogP contribution in [0.2, 0.25) is 0 Å². The Bertz CT molecular complexity index is 1200. The van der Waals surface area contributed by atoms with Crippen molar-refractivity contribution >= 4 is 0 Å². The Kier molecular flexibility index (Phi) is 4.46. The van der Waals surface area contributed by atoms with Gasteiger partial charge in [-0.05, 0) is 47.2 Å². The van der Waals surface area contributed by atoms with Crippen molar-refractivity contribution in [3.8, 4) is 17.2 Å². The molecular formula is C26H21N3O. The largest absolute Gasteiger partial charge is 0.379 e. The van der Waals surface area contributed by atoms with Gasteiger partial charge in [-0.15, -0.1) is 0 Å². The van der Waals surface area contributed by atoms with E-state index in [2.05, 4.69) is 39.9 Å². The zero-order chi connectivity index (χ0) is 20.6. The highest BCUT2D eigenvalue weighted by molar-refractivity contribution is 5.63. The Hall–Kier alpha value is -3.68. The van der Waals surface area contributed by atoms with Gasteiger partial charge in [0, 0.05) is 0 Å². The molecule has 30 heavy (non-hydrogen) atoms. The van der Waals surface area contributed by atoms with Gasteiger partial charge in [0.15, 0.2) is 0 Å². The number of fused-ring (bicyclic) bond motifs is 1. The number of benzene rings is 3. The van der Waals surface area contributed by atoms with Crippen LogP contribution in [0.5, 0.6) is 0 Å². The molecule has 3 aromatic carbocycles. The highest BCUT2D eigenvalue weighted by atomic mass is 16.3. The predicted octanol–water partition coefficient (Wildman–Crippen LogP) is 5.04. The number of nitrogens with zero attached hydrogens (tertiary/aromatic N) is 3. The first-order chi connectivity index (χ1) is 14.7. The van der Waals surface area contributed by atoms with Gasteiger partial charge in [0.05, 0.1) is 35.9 Å². The van der Waals surface area contributed by atoms with Gasteiger partial charge in [-0.25, -0.2) is 4.98 Å². The number of nitriles is 1. The number of hydrogen-bond acceptors (Lipinski definition) is 3. The van der Waals surface area contributed by atoms with Crippen LogP contribution in [-0.2, 0) is 5.60 Å². The molecule has 0 amide bonds. The lowest BCUT2D eigenvalue weighted by molar-refractivity contribution is 0.0420. The summed E-state index contributed by atoms with van der Waals surface area (Å²) < 4.78 is 2.07. The van der Waals surface area contributed by atoms with Crippen LogP contribution in [0.4, 0.5) is 0 Å². The summed E-state index contributed by atoms with van der Waals surface area (Å²) in [5.74, 6) is 0. The summed E-state index contributed by atoms with van der Waals surface area (Å²) in [5, 5.41) is 20.7. The van der Waals surface area contributed by atoms with E-state index in [-0.39, 0.29) is 6.04 Å². The lowest BCUT2D eigenvalue weighted by Gasteiger charge is -2.38. The third-order valence-electron chi connectivity index (χ3n) is 6.10. The summed E-state index contributed by atoms with van der Waals surface area (Å²) in [6.45, 7) is 0. The highest BCUT2D eigenvalue weighted by Gasteiger charge is 2.40. The number of hydrogen-bond donors (Lipinski definition) is 1.